The van der Waals surface area contributed by atoms with E-state index in [1.54, 1.807) is 0 Å². The Balaban J connectivity index is -0.00000158. The van der Waals surface area contributed by atoms with Crippen LogP contribution < -0.4 is 5.32 Å². The number of benzene rings is 1. The predicted octanol–water partition coefficient (Wildman–Crippen LogP) is 11.3. The summed E-state index contributed by atoms with van der Waals surface area (Å²) in [6, 6.07) is 6.81. The summed E-state index contributed by atoms with van der Waals surface area (Å²) < 4.78 is 0. The van der Waals surface area contributed by atoms with Crippen LogP contribution in [0.5, 0.6) is 0 Å². The van der Waals surface area contributed by atoms with E-state index in [0.29, 0.717) is 0 Å². The molecule has 1 aromatic carbocycles. The van der Waals surface area contributed by atoms with Crippen LogP contribution in [-0.2, 0) is 6.42 Å². The van der Waals surface area contributed by atoms with E-state index in [4.69, 9.17) is 0 Å². The predicted molar refractivity (Wildman–Crippen MR) is 166 cm³/mol. The smallest absolute Gasteiger partial charge is 0.0488 e. The zero-order chi connectivity index (χ0) is 28.1. The summed E-state index contributed by atoms with van der Waals surface area (Å²) in [5.74, 6) is 0. The molecule has 1 aromatic rings. The monoisotopic (exact) mass is 479 g/mol. The van der Waals surface area contributed by atoms with E-state index in [-0.39, 0.29) is 6.04 Å². The van der Waals surface area contributed by atoms with Crippen molar-refractivity contribution in [3.63, 3.8) is 0 Å². The van der Waals surface area contributed by atoms with Gasteiger partial charge in [0.1, 0.15) is 0 Å². The Kier molecular flexibility index (Phi) is 23.2. The molecule has 198 valence electrons. The fourth-order valence-electron chi connectivity index (χ4n) is 3.44. The van der Waals surface area contributed by atoms with Gasteiger partial charge in [0.15, 0.2) is 0 Å². The van der Waals surface area contributed by atoms with Crippen LogP contribution in [0.1, 0.15) is 119 Å². The van der Waals surface area contributed by atoms with Gasteiger partial charge in [0.05, 0.1) is 0 Å². The number of allylic oxidation sites excluding steroid dienone is 6. The molecule has 0 aromatic heterocycles. The maximum Gasteiger partial charge on any atom is 0.0488 e. The van der Waals surface area contributed by atoms with E-state index < -0.39 is 0 Å². The summed E-state index contributed by atoms with van der Waals surface area (Å²) in [5.41, 5.74) is 10.2. The van der Waals surface area contributed by atoms with Gasteiger partial charge in [0.25, 0.3) is 0 Å². The average Bonchev–Trinajstić information content (AvgIpc) is 2.92. The molecule has 0 heterocycles. The van der Waals surface area contributed by atoms with Crippen molar-refractivity contribution in [1.29, 1.82) is 0 Å². The van der Waals surface area contributed by atoms with Crippen LogP contribution in [0.15, 0.2) is 84.7 Å². The maximum absolute atomic E-state index is 4.31. The largest absolute Gasteiger partial charge is 0.379 e. The number of hydrogen-bond donors (Lipinski definition) is 1. The second-order valence-corrected chi connectivity index (χ2v) is 7.54. The molecule has 0 aliphatic rings. The molecule has 1 unspecified atom stereocenters. The van der Waals surface area contributed by atoms with Crippen LogP contribution in [0.2, 0.25) is 0 Å². The highest BCUT2D eigenvalue weighted by molar-refractivity contribution is 5.64. The summed E-state index contributed by atoms with van der Waals surface area (Å²) in [6.07, 6.45) is 7.02. The minimum atomic E-state index is 0.144. The molecule has 1 atom stereocenters. The summed E-state index contributed by atoms with van der Waals surface area (Å²) >= 11 is 0. The summed E-state index contributed by atoms with van der Waals surface area (Å²) in [7, 11) is 0. The summed E-state index contributed by atoms with van der Waals surface area (Å²) in [6.45, 7) is 41.7. The van der Waals surface area contributed by atoms with E-state index >= 15 is 0 Å². The standard InChI is InChI=1S/C28H39N.3C2H6/c1-11-15-27(20(6)13-3)22(8)21(7)23(9)29-24(10)28-17-16-26(19(5)12-2)18-25(28)14-4;3*1-2/h11,15-18,24,29H,5-7,9,12-14H2,1-4,8,10H3;3*1-2H3/b15-11-,27-22+;;;. The molecular weight excluding hydrogens is 422 g/mol. The van der Waals surface area contributed by atoms with Gasteiger partial charge in [-0.05, 0) is 84.6 Å². The molecule has 0 radical (unpaired) electrons. The lowest BCUT2D eigenvalue weighted by atomic mass is 9.92. The van der Waals surface area contributed by atoms with Crippen molar-refractivity contribution < 1.29 is 0 Å². The molecule has 1 heteroatoms. The Morgan fingerprint density at radius 1 is 0.914 bits per heavy atom. The van der Waals surface area contributed by atoms with E-state index in [1.807, 2.05) is 54.5 Å². The molecule has 35 heavy (non-hydrogen) atoms. The zero-order valence-corrected chi connectivity index (χ0v) is 25.4. The summed E-state index contributed by atoms with van der Waals surface area (Å²) in [5, 5.41) is 3.56. The molecule has 0 aliphatic heterocycles. The molecule has 0 spiro atoms. The van der Waals surface area contributed by atoms with Crippen molar-refractivity contribution in [1.82, 2.24) is 5.32 Å². The van der Waals surface area contributed by atoms with E-state index in [0.717, 1.165) is 47.3 Å². The first kappa shape index (κ1) is 37.0. The van der Waals surface area contributed by atoms with Crippen molar-refractivity contribution in [3.8, 4) is 0 Å². The lowest BCUT2D eigenvalue weighted by Crippen LogP contribution is -2.20. The molecule has 0 saturated heterocycles. The SMILES string of the molecule is C=C(NC(C)c1ccc(C(=C)CC)cc1CC)C(=C)/C(C)=C(\C=C/C)C(=C)CC.CC.CC.CC. The number of rotatable bonds is 11. The third-order valence-electron chi connectivity index (χ3n) is 5.58. The molecule has 1 nitrogen and oxygen atoms in total. The van der Waals surface area contributed by atoms with E-state index in [2.05, 4.69) is 90.5 Å². The lowest BCUT2D eigenvalue weighted by molar-refractivity contribution is 0.655. The third kappa shape index (κ3) is 12.1. The van der Waals surface area contributed by atoms with Crippen molar-refractivity contribution in [2.24, 2.45) is 0 Å². The van der Waals surface area contributed by atoms with Crippen molar-refractivity contribution in [3.05, 3.63) is 101 Å². The fourth-order valence-corrected chi connectivity index (χ4v) is 3.44. The molecule has 1 rings (SSSR count). The minimum absolute atomic E-state index is 0.144. The molecule has 0 aliphatic carbocycles. The van der Waals surface area contributed by atoms with Crippen LogP contribution in [0, 0.1) is 0 Å². The highest BCUT2D eigenvalue weighted by Crippen LogP contribution is 2.28. The van der Waals surface area contributed by atoms with Gasteiger partial charge in [-0.2, -0.15) is 0 Å². The Bertz CT molecular complexity index is 845. The van der Waals surface area contributed by atoms with Crippen LogP contribution in [-0.4, -0.2) is 0 Å². The second kappa shape index (κ2) is 22.0. The zero-order valence-electron chi connectivity index (χ0n) is 25.4. The quantitative estimate of drug-likeness (QED) is 0.311. The molecule has 0 saturated carbocycles. The van der Waals surface area contributed by atoms with Crippen LogP contribution in [0.25, 0.3) is 5.57 Å². The number of aryl methyl sites for hydroxylation is 1. The Labute approximate surface area is 220 Å². The van der Waals surface area contributed by atoms with E-state index in [9.17, 15) is 0 Å². The van der Waals surface area contributed by atoms with Crippen LogP contribution in [0.3, 0.4) is 0 Å². The van der Waals surface area contributed by atoms with Gasteiger partial charge in [-0.1, -0.05) is 119 Å². The normalized spacial score (nSPS) is 11.3. The van der Waals surface area contributed by atoms with Crippen molar-refractivity contribution >= 4 is 5.57 Å². The maximum atomic E-state index is 4.31. The molecule has 0 amide bonds. The molecule has 1 N–H and O–H groups in total. The average molecular weight is 480 g/mol. The first-order valence-electron chi connectivity index (χ1n) is 13.7. The van der Waals surface area contributed by atoms with Crippen LogP contribution >= 0.6 is 0 Å². The fraction of sp³-hybridized carbons (Fsp3) is 0.471. The third-order valence-corrected chi connectivity index (χ3v) is 5.58. The van der Waals surface area contributed by atoms with Gasteiger partial charge < -0.3 is 5.32 Å². The van der Waals surface area contributed by atoms with E-state index in [1.165, 1.54) is 22.3 Å². The van der Waals surface area contributed by atoms with Crippen LogP contribution in [0.4, 0.5) is 0 Å². The van der Waals surface area contributed by atoms with Gasteiger partial charge in [0.2, 0.25) is 0 Å². The van der Waals surface area contributed by atoms with Gasteiger partial charge in [-0.3, -0.25) is 0 Å². The van der Waals surface area contributed by atoms with Gasteiger partial charge >= 0.3 is 0 Å². The molecule has 0 fully saturated rings. The van der Waals surface area contributed by atoms with Gasteiger partial charge in [-0.25, -0.2) is 0 Å². The number of nitrogens with one attached hydrogen (secondary N) is 1. The Morgan fingerprint density at radius 2 is 1.46 bits per heavy atom. The first-order chi connectivity index (χ1) is 16.7. The highest BCUT2D eigenvalue weighted by Gasteiger charge is 2.15. The Morgan fingerprint density at radius 3 is 1.89 bits per heavy atom. The minimum Gasteiger partial charge on any atom is -0.379 e. The van der Waals surface area contributed by atoms with Gasteiger partial charge in [0, 0.05) is 11.7 Å². The topological polar surface area (TPSA) is 12.0 Å². The first-order valence-corrected chi connectivity index (χ1v) is 13.7. The highest BCUT2D eigenvalue weighted by atomic mass is 14.9. The van der Waals surface area contributed by atoms with Crippen molar-refractivity contribution in [2.75, 3.05) is 0 Å². The Hall–Kier alpha value is -2.54. The van der Waals surface area contributed by atoms with Crippen molar-refractivity contribution in [2.45, 2.75) is 108 Å². The lowest BCUT2D eigenvalue weighted by Gasteiger charge is -2.23. The molecule has 0 bridgehead atoms. The summed E-state index contributed by atoms with van der Waals surface area (Å²) in [4.78, 5) is 0. The molecular formula is C34H57N. The second-order valence-electron chi connectivity index (χ2n) is 7.54. The van der Waals surface area contributed by atoms with Gasteiger partial charge in [-0.15, -0.1) is 0 Å². The number of hydrogen-bond acceptors (Lipinski definition) is 1.